The minimum atomic E-state index is 0.577. The molecule has 4 heterocycles. The number of rotatable bonds is 7. The number of halogens is 2. The zero-order valence-corrected chi connectivity index (χ0v) is 20.6. The van der Waals surface area contributed by atoms with Gasteiger partial charge in [-0.1, -0.05) is 31.0 Å². The third-order valence-electron chi connectivity index (χ3n) is 5.69. The van der Waals surface area contributed by atoms with Gasteiger partial charge in [-0.3, -0.25) is 0 Å². The van der Waals surface area contributed by atoms with E-state index in [4.69, 9.17) is 16.6 Å². The van der Waals surface area contributed by atoms with Gasteiger partial charge in [0.05, 0.1) is 12.2 Å². The van der Waals surface area contributed by atoms with E-state index in [0.717, 1.165) is 63.2 Å². The van der Waals surface area contributed by atoms with Gasteiger partial charge in [0.25, 0.3) is 0 Å². The van der Waals surface area contributed by atoms with E-state index in [1.54, 1.807) is 0 Å². The molecule has 4 aromatic heterocycles. The Morgan fingerprint density at radius 3 is 2.82 bits per heavy atom. The van der Waals surface area contributed by atoms with Gasteiger partial charge in [0.2, 0.25) is 0 Å². The SMILES string of the molecule is CCCCc1nc2c(C)ccnc2n1Cc1ccc(-n2cc(Br)cc2-c2nnn[nH]2)cc1Cl. The normalized spacial score (nSPS) is 11.5. The van der Waals surface area contributed by atoms with Crippen LogP contribution in [0.25, 0.3) is 28.4 Å². The zero-order valence-electron chi connectivity index (χ0n) is 18.3. The van der Waals surface area contributed by atoms with E-state index in [1.165, 1.54) is 0 Å². The smallest absolute Gasteiger partial charge is 0.196 e. The third kappa shape index (κ3) is 4.18. The van der Waals surface area contributed by atoms with Crippen molar-refractivity contribution >= 4 is 38.7 Å². The van der Waals surface area contributed by atoms with Gasteiger partial charge in [-0.2, -0.15) is 0 Å². The number of aromatic amines is 1. The first kappa shape index (κ1) is 21.8. The Labute approximate surface area is 204 Å². The van der Waals surface area contributed by atoms with Crippen LogP contribution in [0.15, 0.2) is 47.2 Å². The molecule has 0 fully saturated rings. The van der Waals surface area contributed by atoms with Crippen LogP contribution in [0.1, 0.15) is 36.7 Å². The van der Waals surface area contributed by atoms with Crippen LogP contribution in [0.4, 0.5) is 0 Å². The average Bonchev–Trinajstić information content (AvgIpc) is 3.53. The van der Waals surface area contributed by atoms with E-state index in [9.17, 15) is 0 Å². The van der Waals surface area contributed by atoms with Crippen molar-refractivity contribution in [2.24, 2.45) is 0 Å². The van der Waals surface area contributed by atoms with E-state index < -0.39 is 0 Å². The second kappa shape index (κ2) is 9.07. The summed E-state index contributed by atoms with van der Waals surface area (Å²) in [4.78, 5) is 9.54. The molecule has 168 valence electrons. The summed E-state index contributed by atoms with van der Waals surface area (Å²) in [5.74, 6) is 1.62. The van der Waals surface area contributed by atoms with E-state index >= 15 is 0 Å². The highest BCUT2D eigenvalue weighted by Gasteiger charge is 2.16. The quantitative estimate of drug-likeness (QED) is 0.302. The molecule has 5 rings (SSSR count). The van der Waals surface area contributed by atoms with Gasteiger partial charge in [-0.05, 0) is 75.1 Å². The topological polar surface area (TPSA) is 90.1 Å². The first-order valence-electron chi connectivity index (χ1n) is 10.8. The minimum absolute atomic E-state index is 0.577. The average molecular weight is 526 g/mol. The number of nitrogens with one attached hydrogen (secondary N) is 1. The molecule has 5 aromatic rings. The lowest BCUT2D eigenvalue weighted by Gasteiger charge is -2.13. The molecule has 1 N–H and O–H groups in total. The molecule has 0 unspecified atom stereocenters. The Kier molecular flexibility index (Phi) is 5.99. The predicted octanol–water partition coefficient (Wildman–Crippen LogP) is 5.52. The molecule has 0 amide bonds. The number of benzene rings is 1. The minimum Gasteiger partial charge on any atom is -0.313 e. The number of aromatic nitrogens is 8. The molecule has 33 heavy (non-hydrogen) atoms. The number of tetrazole rings is 1. The number of H-pyrrole nitrogens is 1. The molecule has 0 aliphatic carbocycles. The molecule has 0 radical (unpaired) electrons. The largest absolute Gasteiger partial charge is 0.313 e. The van der Waals surface area contributed by atoms with Crippen molar-refractivity contribution in [3.05, 3.63) is 69.2 Å². The number of aryl methyl sites for hydroxylation is 2. The Balaban J connectivity index is 1.52. The number of unbranched alkanes of at least 4 members (excludes halogenated alkanes) is 1. The molecule has 0 aliphatic heterocycles. The molecule has 0 saturated carbocycles. The van der Waals surface area contributed by atoms with Crippen LogP contribution in [0.5, 0.6) is 0 Å². The maximum absolute atomic E-state index is 6.79. The Bertz CT molecular complexity index is 1420. The van der Waals surface area contributed by atoms with E-state index in [1.807, 2.05) is 41.2 Å². The third-order valence-corrected chi connectivity index (χ3v) is 6.47. The molecule has 0 atom stereocenters. The highest BCUT2D eigenvalue weighted by Crippen LogP contribution is 2.29. The first-order chi connectivity index (χ1) is 16.0. The summed E-state index contributed by atoms with van der Waals surface area (Å²) in [5.41, 5.74) is 5.74. The Morgan fingerprint density at radius 1 is 1.18 bits per heavy atom. The van der Waals surface area contributed by atoms with Gasteiger partial charge in [0, 0.05) is 34.0 Å². The Morgan fingerprint density at radius 2 is 2.06 bits per heavy atom. The first-order valence-corrected chi connectivity index (χ1v) is 11.9. The number of imidazole rings is 1. The van der Waals surface area contributed by atoms with E-state index in [-0.39, 0.29) is 0 Å². The molecular weight excluding hydrogens is 504 g/mol. The van der Waals surface area contributed by atoms with Crippen molar-refractivity contribution in [1.29, 1.82) is 0 Å². The maximum atomic E-state index is 6.79. The van der Waals surface area contributed by atoms with Crippen LogP contribution in [0.2, 0.25) is 5.02 Å². The lowest BCUT2D eigenvalue weighted by molar-refractivity contribution is 0.686. The fourth-order valence-electron chi connectivity index (χ4n) is 3.95. The summed E-state index contributed by atoms with van der Waals surface area (Å²) >= 11 is 10.3. The number of fused-ring (bicyclic) bond motifs is 1. The molecule has 10 heteroatoms. The van der Waals surface area contributed by atoms with Crippen molar-refractivity contribution in [3.8, 4) is 17.2 Å². The fourth-order valence-corrected chi connectivity index (χ4v) is 4.61. The second-order valence-corrected chi connectivity index (χ2v) is 9.28. The summed E-state index contributed by atoms with van der Waals surface area (Å²) in [6.07, 6.45) is 6.90. The van der Waals surface area contributed by atoms with Crippen molar-refractivity contribution in [1.82, 2.24) is 39.7 Å². The van der Waals surface area contributed by atoms with Gasteiger partial charge in [0.1, 0.15) is 11.3 Å². The maximum Gasteiger partial charge on any atom is 0.196 e. The summed E-state index contributed by atoms with van der Waals surface area (Å²) in [6, 6.07) is 10.0. The van der Waals surface area contributed by atoms with Crippen LogP contribution < -0.4 is 0 Å². The molecule has 1 aromatic carbocycles. The van der Waals surface area contributed by atoms with E-state index in [0.29, 0.717) is 17.4 Å². The van der Waals surface area contributed by atoms with Gasteiger partial charge in [0.15, 0.2) is 11.5 Å². The van der Waals surface area contributed by atoms with Crippen LogP contribution in [-0.4, -0.2) is 39.7 Å². The highest BCUT2D eigenvalue weighted by atomic mass is 79.9. The van der Waals surface area contributed by atoms with Crippen molar-refractivity contribution < 1.29 is 0 Å². The van der Waals surface area contributed by atoms with Gasteiger partial charge in [-0.25, -0.2) is 15.1 Å². The van der Waals surface area contributed by atoms with Crippen LogP contribution in [0.3, 0.4) is 0 Å². The zero-order chi connectivity index (χ0) is 22.9. The van der Waals surface area contributed by atoms with Crippen molar-refractivity contribution in [2.75, 3.05) is 0 Å². The summed E-state index contributed by atoms with van der Waals surface area (Å²) in [6.45, 7) is 4.87. The van der Waals surface area contributed by atoms with Gasteiger partial charge in [-0.15, -0.1) is 5.10 Å². The molecule has 8 nitrogen and oxygen atoms in total. The number of pyridine rings is 1. The number of nitrogens with zero attached hydrogens (tertiary/aromatic N) is 7. The van der Waals surface area contributed by atoms with Crippen LogP contribution in [0, 0.1) is 6.92 Å². The molecule has 0 aliphatic rings. The summed E-state index contributed by atoms with van der Waals surface area (Å²) in [7, 11) is 0. The molecule has 0 bridgehead atoms. The number of hydrogen-bond donors (Lipinski definition) is 1. The standard InChI is InChI=1S/C23H22BrClN8/c1-3-4-5-20-27-21-14(2)8-9-26-23(21)33(20)12-15-6-7-17(11-18(15)25)32-13-16(24)10-19(32)22-28-30-31-29-22/h6-11,13H,3-5,12H2,1-2H3,(H,28,29,30,31). The van der Waals surface area contributed by atoms with Crippen molar-refractivity contribution in [3.63, 3.8) is 0 Å². The molecular formula is C23H22BrClN8. The van der Waals surface area contributed by atoms with Crippen LogP contribution in [-0.2, 0) is 13.0 Å². The lowest BCUT2D eigenvalue weighted by atomic mass is 10.2. The highest BCUT2D eigenvalue weighted by molar-refractivity contribution is 9.10. The summed E-state index contributed by atoms with van der Waals surface area (Å²) < 4.78 is 5.10. The second-order valence-electron chi connectivity index (χ2n) is 7.96. The molecule has 0 saturated heterocycles. The van der Waals surface area contributed by atoms with Crippen LogP contribution >= 0.6 is 27.5 Å². The summed E-state index contributed by atoms with van der Waals surface area (Å²) in [5, 5.41) is 14.9. The monoisotopic (exact) mass is 524 g/mol. The predicted molar refractivity (Wildman–Crippen MR) is 132 cm³/mol. The lowest BCUT2D eigenvalue weighted by Crippen LogP contribution is -2.07. The van der Waals surface area contributed by atoms with Crippen molar-refractivity contribution in [2.45, 2.75) is 39.7 Å². The fraction of sp³-hybridized carbons (Fsp3) is 0.261. The van der Waals surface area contributed by atoms with Gasteiger partial charge >= 0.3 is 0 Å². The van der Waals surface area contributed by atoms with E-state index in [2.05, 4.69) is 66.0 Å². The molecule has 0 spiro atoms. The number of hydrogen-bond acceptors (Lipinski definition) is 5. The van der Waals surface area contributed by atoms with Gasteiger partial charge < -0.3 is 9.13 Å². The Hall–Kier alpha value is -3.04.